The van der Waals surface area contributed by atoms with Gasteiger partial charge in [-0.3, -0.25) is 0 Å². The van der Waals surface area contributed by atoms with Crippen LogP contribution in [0.1, 0.15) is 52.2 Å². The Hall–Kier alpha value is -3.10. The first-order valence-corrected chi connectivity index (χ1v) is 16.6. The molecule has 0 saturated carbocycles. The second kappa shape index (κ2) is 13.3. The number of hydrogen-bond acceptors (Lipinski definition) is 5. The van der Waals surface area contributed by atoms with Crippen molar-refractivity contribution in [1.29, 1.82) is 0 Å². The smallest absolute Gasteiger partial charge is 0.429 e. The minimum absolute atomic E-state index is 0.0203. The maximum Gasteiger partial charge on any atom is 0.429 e. The lowest BCUT2D eigenvalue weighted by Crippen LogP contribution is -2.62. The summed E-state index contributed by atoms with van der Waals surface area (Å²) in [6, 6.07) is 18.6. The summed E-state index contributed by atoms with van der Waals surface area (Å²) in [5.74, 6) is -0.0278. The SMILES string of the molecule is CC(C)[C@@H]1[C@@H](O[Si](C)(C)C(C)(C)C)C/C=C\CN(C(=O)OCc2ccccc2)N1C(=O)OCc1ccccc1. The maximum atomic E-state index is 13.8. The quantitative estimate of drug-likeness (QED) is 0.262. The van der Waals surface area contributed by atoms with Crippen LogP contribution in [-0.2, 0) is 27.1 Å². The third-order valence-electron chi connectivity index (χ3n) is 7.48. The summed E-state index contributed by atoms with van der Waals surface area (Å²) in [7, 11) is -2.21. The van der Waals surface area contributed by atoms with Crippen LogP contribution < -0.4 is 0 Å². The van der Waals surface area contributed by atoms with E-state index in [1.807, 2.05) is 86.7 Å². The molecule has 0 bridgehead atoms. The van der Waals surface area contributed by atoms with Crippen LogP contribution in [0.3, 0.4) is 0 Å². The Morgan fingerprint density at radius 1 is 0.872 bits per heavy atom. The molecule has 1 aliphatic rings. The zero-order valence-corrected chi connectivity index (χ0v) is 25.4. The Morgan fingerprint density at radius 2 is 1.38 bits per heavy atom. The van der Waals surface area contributed by atoms with Crippen molar-refractivity contribution in [1.82, 2.24) is 10.0 Å². The van der Waals surface area contributed by atoms with Gasteiger partial charge in [0.25, 0.3) is 0 Å². The molecule has 0 unspecified atom stereocenters. The zero-order valence-electron chi connectivity index (χ0n) is 24.4. The van der Waals surface area contributed by atoms with Crippen molar-refractivity contribution < 1.29 is 23.5 Å². The molecule has 8 heteroatoms. The fourth-order valence-corrected chi connectivity index (χ4v) is 5.64. The van der Waals surface area contributed by atoms with Crippen LogP contribution in [0.5, 0.6) is 0 Å². The molecule has 7 nitrogen and oxygen atoms in total. The molecule has 2 amide bonds. The zero-order chi connectivity index (χ0) is 28.6. The number of hydrazine groups is 1. The lowest BCUT2D eigenvalue weighted by Gasteiger charge is -2.47. The first kappa shape index (κ1) is 30.4. The second-order valence-corrected chi connectivity index (χ2v) is 16.6. The fourth-order valence-electron chi connectivity index (χ4n) is 4.30. The lowest BCUT2D eigenvalue weighted by molar-refractivity contribution is -0.0833. The molecule has 2 aromatic carbocycles. The van der Waals surface area contributed by atoms with Crippen molar-refractivity contribution in [2.45, 2.75) is 84.5 Å². The molecule has 3 rings (SSSR count). The first-order chi connectivity index (χ1) is 18.4. The van der Waals surface area contributed by atoms with Crippen molar-refractivity contribution in [3.63, 3.8) is 0 Å². The molecular formula is C31H44N2O5Si. The highest BCUT2D eigenvalue weighted by Gasteiger charge is 2.46. The van der Waals surface area contributed by atoms with Crippen LogP contribution in [0.25, 0.3) is 0 Å². The molecule has 0 fully saturated rings. The van der Waals surface area contributed by atoms with Gasteiger partial charge in [-0.25, -0.2) is 19.6 Å². The summed E-state index contributed by atoms with van der Waals surface area (Å²) in [4.78, 5) is 27.4. The van der Waals surface area contributed by atoms with Gasteiger partial charge in [-0.1, -0.05) is 107 Å². The van der Waals surface area contributed by atoms with Crippen molar-refractivity contribution in [3.8, 4) is 0 Å². The minimum Gasteiger partial charge on any atom is -0.443 e. The molecule has 0 aromatic heterocycles. The van der Waals surface area contributed by atoms with E-state index in [2.05, 4.69) is 33.9 Å². The van der Waals surface area contributed by atoms with Crippen LogP contribution in [-0.4, -0.2) is 49.2 Å². The molecule has 39 heavy (non-hydrogen) atoms. The summed E-state index contributed by atoms with van der Waals surface area (Å²) in [6.07, 6.45) is 3.02. The average molecular weight is 553 g/mol. The van der Waals surface area contributed by atoms with E-state index in [4.69, 9.17) is 13.9 Å². The van der Waals surface area contributed by atoms with Gasteiger partial charge in [-0.15, -0.1) is 0 Å². The van der Waals surface area contributed by atoms with Crippen molar-refractivity contribution in [2.24, 2.45) is 5.92 Å². The largest absolute Gasteiger partial charge is 0.443 e. The fraction of sp³-hybridized carbons (Fsp3) is 0.484. The van der Waals surface area contributed by atoms with Gasteiger partial charge in [0.2, 0.25) is 0 Å². The van der Waals surface area contributed by atoms with Gasteiger partial charge in [-0.05, 0) is 41.6 Å². The number of nitrogens with zero attached hydrogens (tertiary/aromatic N) is 2. The van der Waals surface area contributed by atoms with Gasteiger partial charge in [0.15, 0.2) is 8.32 Å². The number of carbonyl (C=O) groups excluding carboxylic acids is 2. The van der Waals surface area contributed by atoms with E-state index < -0.39 is 26.5 Å². The Kier molecular flexibility index (Phi) is 10.4. The Labute approximate surface area is 234 Å². The Balaban J connectivity index is 1.95. The van der Waals surface area contributed by atoms with Crippen LogP contribution >= 0.6 is 0 Å². The molecule has 0 spiro atoms. The van der Waals surface area contributed by atoms with Gasteiger partial charge in [0.05, 0.1) is 18.7 Å². The van der Waals surface area contributed by atoms with E-state index in [9.17, 15) is 9.59 Å². The topological polar surface area (TPSA) is 68.3 Å². The van der Waals surface area contributed by atoms with E-state index in [-0.39, 0.29) is 36.8 Å². The third kappa shape index (κ3) is 8.19. The molecule has 1 heterocycles. The van der Waals surface area contributed by atoms with Gasteiger partial charge in [-0.2, -0.15) is 0 Å². The van der Waals surface area contributed by atoms with Gasteiger partial charge in [0, 0.05) is 0 Å². The number of hydrogen-bond donors (Lipinski definition) is 0. The number of carbonyl (C=O) groups is 2. The molecule has 2 atom stereocenters. The number of rotatable bonds is 7. The molecule has 212 valence electrons. The summed E-state index contributed by atoms with van der Waals surface area (Å²) in [5, 5.41) is 2.79. The molecule has 2 aromatic rings. The van der Waals surface area contributed by atoms with E-state index >= 15 is 0 Å². The molecule has 0 aliphatic carbocycles. The molecule has 0 radical (unpaired) electrons. The summed E-state index contributed by atoms with van der Waals surface area (Å²) < 4.78 is 18.4. The van der Waals surface area contributed by atoms with Crippen molar-refractivity contribution >= 4 is 20.5 Å². The number of benzene rings is 2. The summed E-state index contributed by atoms with van der Waals surface area (Å²) in [5.41, 5.74) is 1.73. The summed E-state index contributed by atoms with van der Waals surface area (Å²) >= 11 is 0. The monoisotopic (exact) mass is 552 g/mol. The normalized spacial score (nSPS) is 19.3. The molecular weight excluding hydrogens is 508 g/mol. The van der Waals surface area contributed by atoms with E-state index in [1.54, 1.807) is 0 Å². The van der Waals surface area contributed by atoms with Crippen LogP contribution in [0.15, 0.2) is 72.8 Å². The highest BCUT2D eigenvalue weighted by molar-refractivity contribution is 6.74. The van der Waals surface area contributed by atoms with Crippen LogP contribution in [0, 0.1) is 5.92 Å². The van der Waals surface area contributed by atoms with E-state index in [0.29, 0.717) is 6.42 Å². The average Bonchev–Trinajstić information content (AvgIpc) is 2.87. The standard InChI is InChI=1S/C31H44N2O5Si/c1-24(2)28-27(38-39(6,7)31(3,4)5)20-14-15-21-32(29(34)36-22-25-16-10-8-11-17-25)33(28)30(35)37-23-26-18-12-9-13-19-26/h8-19,24,27-28H,20-23H2,1-7H3/b15-14-/t27-,28+/m0/s1. The number of amides is 2. The molecule has 0 saturated heterocycles. The Bertz CT molecular complexity index is 1100. The van der Waals surface area contributed by atoms with Crippen molar-refractivity contribution in [3.05, 3.63) is 83.9 Å². The molecule has 1 aliphatic heterocycles. The lowest BCUT2D eigenvalue weighted by atomic mass is 9.95. The van der Waals surface area contributed by atoms with Crippen LogP contribution in [0.4, 0.5) is 9.59 Å². The predicted octanol–water partition coefficient (Wildman–Crippen LogP) is 7.55. The second-order valence-electron chi connectivity index (χ2n) is 11.9. The van der Waals surface area contributed by atoms with E-state index in [1.165, 1.54) is 10.0 Å². The van der Waals surface area contributed by atoms with Gasteiger partial charge in [0.1, 0.15) is 13.2 Å². The van der Waals surface area contributed by atoms with E-state index in [0.717, 1.165) is 11.1 Å². The number of ether oxygens (including phenoxy) is 2. The van der Waals surface area contributed by atoms with Crippen LogP contribution in [0.2, 0.25) is 18.1 Å². The Morgan fingerprint density at radius 3 is 1.87 bits per heavy atom. The predicted molar refractivity (Wildman–Crippen MR) is 156 cm³/mol. The van der Waals surface area contributed by atoms with Gasteiger partial charge >= 0.3 is 12.2 Å². The summed E-state index contributed by atoms with van der Waals surface area (Å²) in [6.45, 7) is 15.5. The van der Waals surface area contributed by atoms with Gasteiger partial charge < -0.3 is 13.9 Å². The minimum atomic E-state index is -2.21. The first-order valence-electron chi connectivity index (χ1n) is 13.7. The van der Waals surface area contributed by atoms with Crippen molar-refractivity contribution in [2.75, 3.05) is 6.54 Å². The highest BCUT2D eigenvalue weighted by Crippen LogP contribution is 2.39. The highest BCUT2D eigenvalue weighted by atomic mass is 28.4. The molecule has 0 N–H and O–H groups in total. The third-order valence-corrected chi connectivity index (χ3v) is 12.0. The maximum absolute atomic E-state index is 13.8.